The summed E-state index contributed by atoms with van der Waals surface area (Å²) in [7, 11) is 2.06. The molecule has 0 fully saturated rings. The second-order valence-corrected chi connectivity index (χ2v) is 5.50. The van der Waals surface area contributed by atoms with E-state index in [0.29, 0.717) is 6.04 Å². The van der Waals surface area contributed by atoms with Gasteiger partial charge in [0.15, 0.2) is 0 Å². The number of fused-ring (bicyclic) bond motifs is 1. The predicted octanol–water partition coefficient (Wildman–Crippen LogP) is 3.36. The van der Waals surface area contributed by atoms with E-state index in [2.05, 4.69) is 48.5 Å². The summed E-state index contributed by atoms with van der Waals surface area (Å²) < 4.78 is 5.73. The van der Waals surface area contributed by atoms with Crippen molar-refractivity contribution in [2.24, 2.45) is 0 Å². The summed E-state index contributed by atoms with van der Waals surface area (Å²) in [6.45, 7) is 6.06. The summed E-state index contributed by atoms with van der Waals surface area (Å²) in [6.07, 6.45) is 4.81. The van der Waals surface area contributed by atoms with Gasteiger partial charge in [-0.1, -0.05) is 31.5 Å². The van der Waals surface area contributed by atoms with E-state index >= 15 is 0 Å². The van der Waals surface area contributed by atoms with Crippen molar-refractivity contribution in [3.63, 3.8) is 0 Å². The summed E-state index contributed by atoms with van der Waals surface area (Å²) in [4.78, 5) is 2.48. The second-order valence-electron chi connectivity index (χ2n) is 5.50. The molecule has 0 amide bonds. The average Bonchev–Trinajstić information content (AvgIpc) is 2.66. The highest BCUT2D eigenvalue weighted by molar-refractivity contribution is 5.55. The molecule has 0 aromatic heterocycles. The summed E-state index contributed by atoms with van der Waals surface area (Å²) >= 11 is 0. The van der Waals surface area contributed by atoms with Crippen LogP contribution in [0.4, 0.5) is 5.69 Å². The molecule has 0 saturated heterocycles. The Kier molecular flexibility index (Phi) is 6.34. The molecule has 0 saturated carbocycles. The van der Waals surface area contributed by atoms with Crippen LogP contribution in [-0.4, -0.2) is 33.4 Å². The second kappa shape index (κ2) is 8.28. The third-order valence-electron chi connectivity index (χ3n) is 4.07. The first-order valence-electron chi connectivity index (χ1n) is 7.95. The molecular weight excluding hydrogens is 248 g/mol. The monoisotopic (exact) mass is 276 g/mol. The van der Waals surface area contributed by atoms with Crippen molar-refractivity contribution in [1.82, 2.24) is 5.32 Å². The number of anilines is 1. The molecule has 3 nitrogen and oxygen atoms in total. The van der Waals surface area contributed by atoms with Gasteiger partial charge in [0.25, 0.3) is 0 Å². The van der Waals surface area contributed by atoms with Crippen LogP contribution >= 0.6 is 0 Å². The Morgan fingerprint density at radius 3 is 2.95 bits per heavy atom. The fourth-order valence-electron chi connectivity index (χ4n) is 2.89. The third kappa shape index (κ3) is 3.97. The first-order chi connectivity index (χ1) is 9.86. The van der Waals surface area contributed by atoms with Crippen LogP contribution in [0.1, 0.15) is 44.2 Å². The first-order valence-corrected chi connectivity index (χ1v) is 7.95. The van der Waals surface area contributed by atoms with Crippen LogP contribution in [0.25, 0.3) is 0 Å². The maximum atomic E-state index is 5.73. The van der Waals surface area contributed by atoms with Gasteiger partial charge in [-0.2, -0.15) is 0 Å². The Balaban J connectivity index is 1.98. The van der Waals surface area contributed by atoms with Gasteiger partial charge in [0, 0.05) is 31.4 Å². The van der Waals surface area contributed by atoms with Crippen LogP contribution in [0.5, 0.6) is 0 Å². The number of nitrogens with zero attached hydrogens (tertiary/aromatic N) is 1. The zero-order valence-corrected chi connectivity index (χ0v) is 12.9. The summed E-state index contributed by atoms with van der Waals surface area (Å²) in [6, 6.07) is 9.27. The van der Waals surface area contributed by atoms with Crippen molar-refractivity contribution in [2.45, 2.75) is 38.6 Å². The van der Waals surface area contributed by atoms with Gasteiger partial charge in [0.2, 0.25) is 0 Å². The van der Waals surface area contributed by atoms with Gasteiger partial charge < -0.3 is 15.0 Å². The van der Waals surface area contributed by atoms with Gasteiger partial charge in [-0.25, -0.2) is 0 Å². The zero-order valence-electron chi connectivity index (χ0n) is 12.9. The number of hydrogen-bond donors (Lipinski definition) is 1. The van der Waals surface area contributed by atoms with E-state index in [0.717, 1.165) is 26.3 Å². The van der Waals surface area contributed by atoms with Gasteiger partial charge in [-0.15, -0.1) is 0 Å². The Bertz CT molecular complexity index is 394. The number of benzene rings is 1. The van der Waals surface area contributed by atoms with E-state index in [1.165, 1.54) is 36.9 Å². The molecule has 1 aromatic rings. The molecular formula is C17H28N2O. The van der Waals surface area contributed by atoms with E-state index in [1.807, 2.05) is 0 Å². The number of ether oxygens (including phenoxy) is 1. The molecule has 1 aliphatic heterocycles. The molecule has 3 heteroatoms. The van der Waals surface area contributed by atoms with Gasteiger partial charge in [0.1, 0.15) is 0 Å². The Morgan fingerprint density at radius 1 is 1.30 bits per heavy atom. The standard InChI is InChI=1S/C17H28N2O/c1-3-4-13-20-14-12-19-11-7-9-16(18-2)15-8-5-6-10-17(15)19/h5-6,8,10,16,18H,3-4,7,9,11-14H2,1-2H3. The van der Waals surface area contributed by atoms with Crippen LogP contribution < -0.4 is 10.2 Å². The highest BCUT2D eigenvalue weighted by Gasteiger charge is 2.20. The molecule has 1 N–H and O–H groups in total. The molecule has 0 radical (unpaired) electrons. The molecule has 1 aromatic carbocycles. The normalized spacial score (nSPS) is 18.7. The molecule has 1 unspecified atom stereocenters. The minimum absolute atomic E-state index is 0.484. The van der Waals surface area contributed by atoms with Crippen LogP contribution in [0.15, 0.2) is 24.3 Å². The maximum absolute atomic E-state index is 5.73. The smallest absolute Gasteiger partial charge is 0.0641 e. The first kappa shape index (κ1) is 15.3. The van der Waals surface area contributed by atoms with Crippen molar-refractivity contribution in [2.75, 3.05) is 38.3 Å². The predicted molar refractivity (Wildman–Crippen MR) is 85.4 cm³/mol. The molecule has 0 spiro atoms. The maximum Gasteiger partial charge on any atom is 0.0641 e. The number of hydrogen-bond acceptors (Lipinski definition) is 3. The number of nitrogens with one attached hydrogen (secondary N) is 1. The number of para-hydroxylation sites is 1. The zero-order chi connectivity index (χ0) is 14.2. The summed E-state index contributed by atoms with van der Waals surface area (Å²) in [5.74, 6) is 0. The third-order valence-corrected chi connectivity index (χ3v) is 4.07. The van der Waals surface area contributed by atoms with E-state index in [4.69, 9.17) is 4.74 Å². The Labute approximate surface area is 123 Å². The molecule has 112 valence electrons. The fraction of sp³-hybridized carbons (Fsp3) is 0.647. The van der Waals surface area contributed by atoms with Gasteiger partial charge in [-0.3, -0.25) is 0 Å². The average molecular weight is 276 g/mol. The van der Waals surface area contributed by atoms with E-state index in [1.54, 1.807) is 0 Å². The quantitative estimate of drug-likeness (QED) is 0.773. The van der Waals surface area contributed by atoms with Crippen LogP contribution in [-0.2, 0) is 4.74 Å². The topological polar surface area (TPSA) is 24.5 Å². The van der Waals surface area contributed by atoms with Gasteiger partial charge in [0.05, 0.1) is 6.61 Å². The highest BCUT2D eigenvalue weighted by atomic mass is 16.5. The van der Waals surface area contributed by atoms with Crippen molar-refractivity contribution >= 4 is 5.69 Å². The lowest BCUT2D eigenvalue weighted by molar-refractivity contribution is 0.137. The van der Waals surface area contributed by atoms with Crippen molar-refractivity contribution in [1.29, 1.82) is 0 Å². The molecule has 0 aliphatic carbocycles. The van der Waals surface area contributed by atoms with E-state index in [9.17, 15) is 0 Å². The molecule has 1 aliphatic rings. The lowest BCUT2D eigenvalue weighted by atomic mass is 10.0. The molecule has 0 bridgehead atoms. The SMILES string of the molecule is CCCCOCCN1CCCC(NC)c2ccccc21. The summed E-state index contributed by atoms with van der Waals surface area (Å²) in [5.41, 5.74) is 2.81. The van der Waals surface area contributed by atoms with E-state index < -0.39 is 0 Å². The minimum atomic E-state index is 0.484. The molecule has 1 atom stereocenters. The molecule has 20 heavy (non-hydrogen) atoms. The van der Waals surface area contributed by atoms with Gasteiger partial charge >= 0.3 is 0 Å². The largest absolute Gasteiger partial charge is 0.380 e. The van der Waals surface area contributed by atoms with Crippen LogP contribution in [0.2, 0.25) is 0 Å². The summed E-state index contributed by atoms with van der Waals surface area (Å²) in [5, 5.41) is 3.45. The molecule has 2 rings (SSSR count). The fourth-order valence-corrected chi connectivity index (χ4v) is 2.89. The lowest BCUT2D eigenvalue weighted by Gasteiger charge is -2.25. The lowest BCUT2D eigenvalue weighted by Crippen LogP contribution is -2.28. The van der Waals surface area contributed by atoms with Crippen molar-refractivity contribution in [3.05, 3.63) is 29.8 Å². The Hall–Kier alpha value is -1.06. The van der Waals surface area contributed by atoms with Crippen LogP contribution in [0.3, 0.4) is 0 Å². The number of unbranched alkanes of at least 4 members (excludes halogenated alkanes) is 1. The van der Waals surface area contributed by atoms with Gasteiger partial charge in [-0.05, 0) is 37.9 Å². The highest BCUT2D eigenvalue weighted by Crippen LogP contribution is 2.32. The van der Waals surface area contributed by atoms with E-state index in [-0.39, 0.29) is 0 Å². The van der Waals surface area contributed by atoms with Crippen molar-refractivity contribution < 1.29 is 4.74 Å². The minimum Gasteiger partial charge on any atom is -0.380 e. The van der Waals surface area contributed by atoms with Crippen LogP contribution in [0, 0.1) is 0 Å². The number of rotatable bonds is 7. The molecule has 1 heterocycles. The Morgan fingerprint density at radius 2 is 2.15 bits per heavy atom. The van der Waals surface area contributed by atoms with Crippen molar-refractivity contribution in [3.8, 4) is 0 Å².